The number of allylic oxidation sites excluding steroid dienone is 12. The smallest absolute Gasteiger partial charge is 0.462 e. The van der Waals surface area contributed by atoms with Crippen molar-refractivity contribution in [2.24, 2.45) is 0 Å². The van der Waals surface area contributed by atoms with Gasteiger partial charge < -0.3 is 24.6 Å². The summed E-state index contributed by atoms with van der Waals surface area (Å²) >= 11 is 0. The summed E-state index contributed by atoms with van der Waals surface area (Å²) < 4.78 is 32.6. The van der Waals surface area contributed by atoms with Gasteiger partial charge in [-0.1, -0.05) is 183 Å². The van der Waals surface area contributed by atoms with Crippen molar-refractivity contribution in [1.29, 1.82) is 0 Å². The van der Waals surface area contributed by atoms with E-state index in [1.807, 2.05) is 12.2 Å². The van der Waals surface area contributed by atoms with E-state index in [2.05, 4.69) is 79.1 Å². The summed E-state index contributed by atoms with van der Waals surface area (Å²) in [5.74, 6) is -1.02. The molecule has 0 saturated heterocycles. The Morgan fingerprint density at radius 1 is 0.534 bits per heavy atom. The Kier molecular flexibility index (Phi) is 40.6. The summed E-state index contributed by atoms with van der Waals surface area (Å²) in [5.41, 5.74) is 0. The van der Waals surface area contributed by atoms with Crippen LogP contribution < -0.4 is 0 Å². The van der Waals surface area contributed by atoms with Gasteiger partial charge in [-0.2, -0.15) is 0 Å². The van der Waals surface area contributed by atoms with E-state index in [4.69, 9.17) is 19.1 Å². The molecule has 0 amide bonds. The monoisotopic (exact) mass is 837 g/mol. The topological polar surface area (TPSA) is 149 Å². The maximum Gasteiger partial charge on any atom is 0.472 e. The number of hydrogen-bond donors (Lipinski definition) is 3. The van der Waals surface area contributed by atoms with Crippen molar-refractivity contribution in [3.8, 4) is 0 Å². The molecule has 10 nitrogen and oxygen atoms in total. The zero-order valence-corrected chi connectivity index (χ0v) is 37.1. The fourth-order valence-electron chi connectivity index (χ4n) is 5.72. The van der Waals surface area contributed by atoms with Gasteiger partial charge in [-0.25, -0.2) is 4.57 Å². The largest absolute Gasteiger partial charge is 0.472 e. The molecule has 0 aliphatic carbocycles. The fourth-order valence-corrected chi connectivity index (χ4v) is 6.51. The molecule has 3 atom stereocenters. The predicted molar refractivity (Wildman–Crippen MR) is 237 cm³/mol. The highest BCUT2D eigenvalue weighted by molar-refractivity contribution is 7.47. The molecule has 0 aromatic rings. The van der Waals surface area contributed by atoms with Crippen LogP contribution in [0.2, 0.25) is 0 Å². The molecule has 0 heterocycles. The molecule has 0 aliphatic heterocycles. The van der Waals surface area contributed by atoms with Crippen LogP contribution in [-0.2, 0) is 32.7 Å². The van der Waals surface area contributed by atoms with Crippen molar-refractivity contribution in [3.63, 3.8) is 0 Å². The first-order chi connectivity index (χ1) is 28.2. The number of phosphoric ester groups is 1. The zero-order valence-electron chi connectivity index (χ0n) is 36.2. The Bertz CT molecular complexity index is 1190. The number of rotatable bonds is 41. The number of aliphatic hydroxyl groups excluding tert-OH is 2. The second kappa shape index (κ2) is 42.5. The average Bonchev–Trinajstić information content (AvgIpc) is 3.21. The van der Waals surface area contributed by atoms with Gasteiger partial charge in [0.1, 0.15) is 12.7 Å². The molecule has 334 valence electrons. The molecule has 58 heavy (non-hydrogen) atoms. The normalized spacial score (nSPS) is 14.5. The second-order valence-corrected chi connectivity index (χ2v) is 16.2. The minimum absolute atomic E-state index is 0.0573. The fraction of sp³-hybridized carbons (Fsp3) is 0.702. The van der Waals surface area contributed by atoms with E-state index < -0.39 is 51.8 Å². The molecule has 0 radical (unpaired) electrons. The molecular weight excluding hydrogens is 755 g/mol. The first kappa shape index (κ1) is 55.4. The van der Waals surface area contributed by atoms with Crippen LogP contribution in [0.1, 0.15) is 174 Å². The van der Waals surface area contributed by atoms with Crippen molar-refractivity contribution in [3.05, 3.63) is 72.9 Å². The molecule has 1 unspecified atom stereocenters. The van der Waals surface area contributed by atoms with Gasteiger partial charge in [0.2, 0.25) is 0 Å². The number of carbonyl (C=O) groups is 2. The molecule has 0 aromatic carbocycles. The zero-order chi connectivity index (χ0) is 42.6. The number of carbonyl (C=O) groups excluding carboxylic acids is 2. The molecule has 0 bridgehead atoms. The van der Waals surface area contributed by atoms with Gasteiger partial charge in [-0.3, -0.25) is 18.6 Å². The van der Waals surface area contributed by atoms with Crippen LogP contribution in [0.5, 0.6) is 0 Å². The third kappa shape index (κ3) is 41.6. The lowest BCUT2D eigenvalue weighted by Crippen LogP contribution is -2.29. The quantitative estimate of drug-likeness (QED) is 0.0235. The van der Waals surface area contributed by atoms with E-state index >= 15 is 0 Å². The minimum Gasteiger partial charge on any atom is -0.462 e. The third-order valence-corrected chi connectivity index (χ3v) is 10.1. The molecule has 0 spiro atoms. The molecule has 0 saturated carbocycles. The maximum absolute atomic E-state index is 12.6. The number of esters is 2. The minimum atomic E-state index is -4.64. The van der Waals surface area contributed by atoms with E-state index in [1.165, 1.54) is 77.0 Å². The summed E-state index contributed by atoms with van der Waals surface area (Å²) in [6.45, 7) is 2.18. The number of unbranched alkanes of at least 4 members (excludes halogenated alkanes) is 15. The summed E-state index contributed by atoms with van der Waals surface area (Å²) in [6, 6.07) is 0. The Labute approximate surface area is 352 Å². The first-order valence-electron chi connectivity index (χ1n) is 22.4. The second-order valence-electron chi connectivity index (χ2n) is 14.7. The molecule has 0 aliphatic rings. The van der Waals surface area contributed by atoms with Crippen LogP contribution in [0.25, 0.3) is 0 Å². The Morgan fingerprint density at radius 2 is 0.948 bits per heavy atom. The predicted octanol–water partition coefficient (Wildman–Crippen LogP) is 12.1. The van der Waals surface area contributed by atoms with E-state index in [1.54, 1.807) is 0 Å². The first-order valence-corrected chi connectivity index (χ1v) is 23.9. The van der Waals surface area contributed by atoms with Gasteiger partial charge >= 0.3 is 19.8 Å². The lowest BCUT2D eigenvalue weighted by atomic mass is 10.0. The van der Waals surface area contributed by atoms with Gasteiger partial charge in [0.05, 0.1) is 19.8 Å². The number of aliphatic hydroxyl groups is 2. The van der Waals surface area contributed by atoms with Gasteiger partial charge in [0, 0.05) is 12.8 Å². The van der Waals surface area contributed by atoms with Crippen molar-refractivity contribution in [2.45, 2.75) is 187 Å². The summed E-state index contributed by atoms with van der Waals surface area (Å²) in [7, 11) is -4.64. The average molecular weight is 837 g/mol. The lowest BCUT2D eigenvalue weighted by molar-refractivity contribution is -0.161. The van der Waals surface area contributed by atoms with E-state index in [9.17, 15) is 24.2 Å². The Morgan fingerprint density at radius 3 is 1.40 bits per heavy atom. The highest BCUT2D eigenvalue weighted by atomic mass is 31.2. The van der Waals surface area contributed by atoms with Crippen LogP contribution in [0, 0.1) is 0 Å². The SMILES string of the molecule is CC/C=C\C/C=C\C/C=C\C/C=C\C/C=C\C/C=C\CCC(=O)O[C@H](COC(=O)CCCCCCCCCCCCCCCCCC)COP(=O)(O)OC[C@@H](O)CO. The molecule has 3 N–H and O–H groups in total. The van der Waals surface area contributed by atoms with E-state index in [0.29, 0.717) is 12.8 Å². The van der Waals surface area contributed by atoms with Crippen molar-refractivity contribution in [1.82, 2.24) is 0 Å². The van der Waals surface area contributed by atoms with E-state index in [-0.39, 0.29) is 19.4 Å². The summed E-state index contributed by atoms with van der Waals surface area (Å²) in [6.07, 6.45) is 48.8. The van der Waals surface area contributed by atoms with Crippen LogP contribution in [-0.4, -0.2) is 65.7 Å². The number of hydrogen-bond acceptors (Lipinski definition) is 9. The van der Waals surface area contributed by atoms with Crippen LogP contribution in [0.3, 0.4) is 0 Å². The van der Waals surface area contributed by atoms with E-state index in [0.717, 1.165) is 57.8 Å². The molecule has 0 fully saturated rings. The standard InChI is InChI=1S/C47H81O10P/c1-3-5-7-9-11-13-15-17-19-21-22-23-25-27-29-31-33-35-37-39-47(51)57-45(43-56-58(52,53)55-41-44(49)40-48)42-54-46(50)38-36-34-32-30-28-26-24-20-18-16-14-12-10-8-6-4-2/h5,7,11,13,17,19,22-23,27,29,33,35,44-45,48-49H,3-4,6,8-10,12,14-16,18,20-21,24-26,28,30-32,34,36-43H2,1-2H3,(H,52,53)/b7-5-,13-11-,19-17-,23-22-,29-27-,35-33-/t44-,45+/m0/s1. The van der Waals surface area contributed by atoms with Crippen molar-refractivity contribution in [2.75, 3.05) is 26.4 Å². The van der Waals surface area contributed by atoms with Crippen LogP contribution >= 0.6 is 7.82 Å². The summed E-state index contributed by atoms with van der Waals surface area (Å²) in [5, 5.41) is 18.3. The molecule has 11 heteroatoms. The highest BCUT2D eigenvalue weighted by Crippen LogP contribution is 2.43. The van der Waals surface area contributed by atoms with Crippen LogP contribution in [0.4, 0.5) is 0 Å². The van der Waals surface area contributed by atoms with Gasteiger partial charge in [0.25, 0.3) is 0 Å². The lowest BCUT2D eigenvalue weighted by Gasteiger charge is -2.20. The Balaban J connectivity index is 4.40. The highest BCUT2D eigenvalue weighted by Gasteiger charge is 2.27. The van der Waals surface area contributed by atoms with Crippen molar-refractivity contribution < 1.29 is 47.8 Å². The molecular formula is C47H81O10P. The number of ether oxygens (including phenoxy) is 2. The molecule has 0 aromatic heterocycles. The van der Waals surface area contributed by atoms with Crippen LogP contribution in [0.15, 0.2) is 72.9 Å². The number of phosphoric acid groups is 1. The Hall–Kier alpha value is -2.59. The maximum atomic E-state index is 12.6. The van der Waals surface area contributed by atoms with Crippen molar-refractivity contribution >= 4 is 19.8 Å². The van der Waals surface area contributed by atoms with Gasteiger partial charge in [-0.15, -0.1) is 0 Å². The summed E-state index contributed by atoms with van der Waals surface area (Å²) in [4.78, 5) is 35.0. The third-order valence-electron chi connectivity index (χ3n) is 9.14. The molecule has 0 rings (SSSR count). The van der Waals surface area contributed by atoms with Gasteiger partial charge in [-0.05, 0) is 51.4 Å². The van der Waals surface area contributed by atoms with Gasteiger partial charge in [0.15, 0.2) is 6.10 Å².